The molecule has 4 rings (SSSR count). The molecule has 0 aromatic carbocycles. The monoisotopic (exact) mass is 400 g/mol. The zero-order valence-electron chi connectivity index (χ0n) is 15.9. The molecule has 0 unspecified atom stereocenters. The van der Waals surface area contributed by atoms with Gasteiger partial charge in [0.1, 0.15) is 11.9 Å². The van der Waals surface area contributed by atoms with Crippen LogP contribution < -0.4 is 5.32 Å². The Morgan fingerprint density at radius 2 is 2.14 bits per heavy atom. The lowest BCUT2D eigenvalue weighted by Gasteiger charge is -2.36. The zero-order chi connectivity index (χ0) is 19.4. The topological polar surface area (TPSA) is 103 Å². The Hall–Kier alpha value is -2.49. The molecule has 1 atom stereocenters. The van der Waals surface area contributed by atoms with E-state index in [1.165, 1.54) is 0 Å². The molecule has 0 saturated heterocycles. The summed E-state index contributed by atoms with van der Waals surface area (Å²) in [6.45, 7) is 0. The van der Waals surface area contributed by atoms with E-state index in [0.717, 1.165) is 55.7 Å². The van der Waals surface area contributed by atoms with Crippen molar-refractivity contribution in [2.24, 2.45) is 0 Å². The van der Waals surface area contributed by atoms with Crippen molar-refractivity contribution in [2.75, 3.05) is 12.0 Å². The molecule has 1 saturated carbocycles. The van der Waals surface area contributed by atoms with Gasteiger partial charge < -0.3 is 5.32 Å². The first-order valence-corrected chi connectivity index (χ1v) is 11.0. The van der Waals surface area contributed by atoms with E-state index in [4.69, 9.17) is 0 Å². The highest BCUT2D eigenvalue weighted by molar-refractivity contribution is 7.98. The van der Waals surface area contributed by atoms with E-state index in [2.05, 4.69) is 37.3 Å². The Labute approximate surface area is 167 Å². The summed E-state index contributed by atoms with van der Waals surface area (Å²) in [7, 11) is 0. The van der Waals surface area contributed by atoms with Crippen molar-refractivity contribution in [3.63, 3.8) is 0 Å². The number of hydrogen-bond acceptors (Lipinski definition) is 7. The summed E-state index contributed by atoms with van der Waals surface area (Å²) in [6.07, 6.45) is 10.9. The van der Waals surface area contributed by atoms with E-state index >= 15 is 0 Å². The molecule has 3 heterocycles. The largest absolute Gasteiger partial charge is 0.344 e. The average molecular weight is 401 g/mol. The molecule has 0 bridgehead atoms. The van der Waals surface area contributed by atoms with E-state index in [-0.39, 0.29) is 11.9 Å². The summed E-state index contributed by atoms with van der Waals surface area (Å²) in [4.78, 5) is 13.5. The Morgan fingerprint density at radius 1 is 1.29 bits per heavy atom. The van der Waals surface area contributed by atoms with Gasteiger partial charge in [0.2, 0.25) is 5.91 Å². The highest BCUT2D eigenvalue weighted by atomic mass is 32.2. The second-order valence-electron chi connectivity index (χ2n) is 7.14. The fourth-order valence-electron chi connectivity index (χ4n) is 3.95. The minimum absolute atomic E-state index is 0.0433. The summed E-state index contributed by atoms with van der Waals surface area (Å²) in [5, 5.41) is 23.5. The third-order valence-electron chi connectivity index (χ3n) is 5.46. The summed E-state index contributed by atoms with van der Waals surface area (Å²) >= 11 is 1.75. The van der Waals surface area contributed by atoms with Gasteiger partial charge in [0, 0.05) is 6.20 Å². The number of hydrogen-bond donors (Lipinski definition) is 1. The van der Waals surface area contributed by atoms with E-state index in [9.17, 15) is 4.79 Å². The lowest BCUT2D eigenvalue weighted by atomic mass is 9.80. The normalized spacial score (nSPS) is 17.5. The number of nitrogens with one attached hydrogen (secondary N) is 1. The minimum atomic E-state index is -0.736. The maximum Gasteiger partial charge on any atom is 0.248 e. The molecule has 0 radical (unpaired) electrons. The molecular formula is C18H24N8OS. The minimum Gasteiger partial charge on any atom is -0.344 e. The van der Waals surface area contributed by atoms with Crippen LogP contribution in [0.15, 0.2) is 30.7 Å². The van der Waals surface area contributed by atoms with Crippen LogP contribution in [0.3, 0.4) is 0 Å². The van der Waals surface area contributed by atoms with Crippen LogP contribution in [0.1, 0.15) is 50.4 Å². The standard InChI is InChI=1S/C18H24N8OS/c1-28-12-8-14(16-22-21-15-7-3-6-11-25(15)16)20-17(27)18(9-4-2-5-10-18)26-13-19-23-24-26/h3,6-7,11,13-14H,2,4-5,8-10,12H2,1H3,(H,20,27)/t14-/m0/s1. The van der Waals surface area contributed by atoms with Gasteiger partial charge in [0.25, 0.3) is 0 Å². The first-order valence-electron chi connectivity index (χ1n) is 9.58. The van der Waals surface area contributed by atoms with E-state index < -0.39 is 5.54 Å². The molecule has 9 nitrogen and oxygen atoms in total. The van der Waals surface area contributed by atoms with Crippen LogP contribution in [-0.2, 0) is 10.3 Å². The first-order chi connectivity index (χ1) is 13.7. The number of pyridine rings is 1. The van der Waals surface area contributed by atoms with Crippen LogP contribution >= 0.6 is 11.8 Å². The molecule has 1 N–H and O–H groups in total. The number of nitrogens with zero attached hydrogens (tertiary/aromatic N) is 7. The van der Waals surface area contributed by atoms with E-state index in [1.807, 2.05) is 28.8 Å². The average Bonchev–Trinajstić information content (AvgIpc) is 3.42. The number of carbonyl (C=O) groups is 1. The van der Waals surface area contributed by atoms with Crippen molar-refractivity contribution in [1.29, 1.82) is 0 Å². The maximum atomic E-state index is 13.5. The second-order valence-corrected chi connectivity index (χ2v) is 8.13. The lowest BCUT2D eigenvalue weighted by Crippen LogP contribution is -2.51. The van der Waals surface area contributed by atoms with Crippen molar-refractivity contribution >= 4 is 23.3 Å². The van der Waals surface area contributed by atoms with Gasteiger partial charge in [-0.2, -0.15) is 11.8 Å². The number of thioether (sulfide) groups is 1. The summed E-state index contributed by atoms with van der Waals surface area (Å²) in [6, 6.07) is 5.55. The van der Waals surface area contributed by atoms with Crippen molar-refractivity contribution in [1.82, 2.24) is 40.1 Å². The number of rotatable bonds is 7. The number of carbonyl (C=O) groups excluding carboxylic acids is 1. The number of fused-ring (bicyclic) bond motifs is 1. The first kappa shape index (κ1) is 18.9. The predicted molar refractivity (Wildman–Crippen MR) is 106 cm³/mol. The molecule has 0 spiro atoms. The van der Waals surface area contributed by atoms with Crippen LogP contribution in [0.5, 0.6) is 0 Å². The van der Waals surface area contributed by atoms with Gasteiger partial charge in [-0.1, -0.05) is 25.3 Å². The Bertz CT molecular complexity index is 919. The van der Waals surface area contributed by atoms with Crippen molar-refractivity contribution in [3.8, 4) is 0 Å². The van der Waals surface area contributed by atoms with Crippen LogP contribution in [-0.4, -0.2) is 52.7 Å². The van der Waals surface area contributed by atoms with Crippen LogP contribution in [0.25, 0.3) is 5.65 Å². The van der Waals surface area contributed by atoms with Gasteiger partial charge in [0.15, 0.2) is 11.5 Å². The lowest BCUT2D eigenvalue weighted by molar-refractivity contribution is -0.133. The van der Waals surface area contributed by atoms with Gasteiger partial charge in [-0.05, 0) is 53.8 Å². The smallest absolute Gasteiger partial charge is 0.248 e. The molecular weight excluding hydrogens is 376 g/mol. The molecule has 3 aromatic rings. The molecule has 10 heteroatoms. The van der Waals surface area contributed by atoms with Gasteiger partial charge in [-0.15, -0.1) is 15.3 Å². The van der Waals surface area contributed by atoms with Gasteiger partial charge >= 0.3 is 0 Å². The predicted octanol–water partition coefficient (Wildman–Crippen LogP) is 1.99. The summed E-state index contributed by atoms with van der Waals surface area (Å²) in [5.74, 6) is 1.61. The van der Waals surface area contributed by atoms with Crippen LogP contribution in [0.2, 0.25) is 0 Å². The van der Waals surface area contributed by atoms with Crippen LogP contribution in [0.4, 0.5) is 0 Å². The van der Waals surface area contributed by atoms with Gasteiger partial charge in [-0.3, -0.25) is 9.20 Å². The molecule has 3 aromatic heterocycles. The quantitative estimate of drug-likeness (QED) is 0.647. The SMILES string of the molecule is CSCC[C@H](NC(=O)C1(n2cnnn2)CCCCC1)c1nnc2ccccn12. The Balaban J connectivity index is 1.65. The Kier molecular flexibility index (Phi) is 5.56. The van der Waals surface area contributed by atoms with E-state index in [0.29, 0.717) is 0 Å². The molecule has 148 valence electrons. The third-order valence-corrected chi connectivity index (χ3v) is 6.10. The molecule has 28 heavy (non-hydrogen) atoms. The maximum absolute atomic E-state index is 13.5. The van der Waals surface area contributed by atoms with Crippen LogP contribution in [0, 0.1) is 0 Å². The second kappa shape index (κ2) is 8.26. The van der Waals surface area contributed by atoms with Crippen molar-refractivity contribution in [2.45, 2.75) is 50.1 Å². The Morgan fingerprint density at radius 3 is 2.89 bits per heavy atom. The molecule has 1 amide bonds. The summed E-state index contributed by atoms with van der Waals surface area (Å²) in [5.41, 5.74) is 0.0357. The number of tetrazole rings is 1. The highest BCUT2D eigenvalue weighted by Crippen LogP contribution is 2.35. The number of aromatic nitrogens is 7. The molecule has 0 aliphatic heterocycles. The number of amides is 1. The van der Waals surface area contributed by atoms with Gasteiger partial charge in [0.05, 0.1) is 6.04 Å². The third kappa shape index (κ3) is 3.48. The molecule has 1 aliphatic carbocycles. The highest BCUT2D eigenvalue weighted by Gasteiger charge is 2.43. The molecule has 1 fully saturated rings. The summed E-state index contributed by atoms with van der Waals surface area (Å²) < 4.78 is 3.57. The van der Waals surface area contributed by atoms with Crippen molar-refractivity contribution in [3.05, 3.63) is 36.5 Å². The molecule has 1 aliphatic rings. The van der Waals surface area contributed by atoms with E-state index in [1.54, 1.807) is 22.8 Å². The zero-order valence-corrected chi connectivity index (χ0v) is 16.7. The van der Waals surface area contributed by atoms with Gasteiger partial charge in [-0.25, -0.2) is 4.68 Å². The fourth-order valence-corrected chi connectivity index (χ4v) is 4.42. The fraction of sp³-hybridized carbons (Fsp3) is 0.556. The van der Waals surface area contributed by atoms with Crippen molar-refractivity contribution < 1.29 is 4.79 Å².